The van der Waals surface area contributed by atoms with Crippen LogP contribution in [0.1, 0.15) is 50.2 Å². The van der Waals surface area contributed by atoms with Gasteiger partial charge in [-0.15, -0.1) is 0 Å². The maximum Gasteiger partial charge on any atom is 0.314 e. The second-order valence-electron chi connectivity index (χ2n) is 9.42. The fourth-order valence-corrected chi connectivity index (χ4v) is 5.79. The Bertz CT molecular complexity index is 1020. The van der Waals surface area contributed by atoms with E-state index in [1.165, 1.54) is 0 Å². The number of nitrogens with one attached hydrogen (secondary N) is 1. The second-order valence-corrected chi connectivity index (χ2v) is 10.2. The van der Waals surface area contributed by atoms with Gasteiger partial charge < -0.3 is 15.3 Å². The number of aliphatic carboxylic acids is 1. The normalized spacial score (nSPS) is 24.3. The average Bonchev–Trinajstić information content (AvgIpc) is 3.53. The largest absolute Gasteiger partial charge is 0.481 e. The Morgan fingerprint density at radius 1 is 1.06 bits per heavy atom. The van der Waals surface area contributed by atoms with Gasteiger partial charge in [0.25, 0.3) is 0 Å². The molecule has 1 aliphatic heterocycles. The summed E-state index contributed by atoms with van der Waals surface area (Å²) in [7, 11) is 0. The Hall–Kier alpha value is -2.08. The number of carboxylic acid groups (broad SMARTS) is 1. The molecule has 0 radical (unpaired) electrons. The highest BCUT2D eigenvalue weighted by molar-refractivity contribution is 6.42. The summed E-state index contributed by atoms with van der Waals surface area (Å²) in [6.45, 7) is 4.31. The third-order valence-corrected chi connectivity index (χ3v) is 8.14. The molecule has 1 saturated carbocycles. The summed E-state index contributed by atoms with van der Waals surface area (Å²) < 4.78 is 0. The monoisotopic (exact) mass is 488 g/mol. The van der Waals surface area contributed by atoms with Gasteiger partial charge in [-0.1, -0.05) is 59.6 Å². The number of piperidine rings is 1. The highest BCUT2D eigenvalue weighted by Crippen LogP contribution is 2.57. The van der Waals surface area contributed by atoms with Gasteiger partial charge in [-0.05, 0) is 67.8 Å². The molecule has 2 unspecified atom stereocenters. The predicted molar refractivity (Wildman–Crippen MR) is 131 cm³/mol. The molecule has 0 bridgehead atoms. The van der Waals surface area contributed by atoms with Gasteiger partial charge >= 0.3 is 5.97 Å². The smallest absolute Gasteiger partial charge is 0.314 e. The first-order valence-corrected chi connectivity index (χ1v) is 12.3. The van der Waals surface area contributed by atoms with Crippen LogP contribution in [-0.4, -0.2) is 41.5 Å². The van der Waals surface area contributed by atoms with Gasteiger partial charge in [0.1, 0.15) is 0 Å². The molecule has 1 saturated heterocycles. The van der Waals surface area contributed by atoms with Gasteiger partial charge in [-0.2, -0.15) is 0 Å². The summed E-state index contributed by atoms with van der Waals surface area (Å²) >= 11 is 12.2. The van der Waals surface area contributed by atoms with E-state index in [1.807, 2.05) is 18.2 Å². The molecule has 176 valence electrons. The van der Waals surface area contributed by atoms with Crippen LogP contribution < -0.4 is 5.32 Å². The molecule has 1 heterocycles. The zero-order valence-corrected chi connectivity index (χ0v) is 20.3. The Morgan fingerprint density at radius 2 is 1.76 bits per heavy atom. The number of carbonyl (C=O) groups is 2. The average molecular weight is 489 g/mol. The van der Waals surface area contributed by atoms with Crippen LogP contribution in [0.5, 0.6) is 0 Å². The summed E-state index contributed by atoms with van der Waals surface area (Å²) in [5.74, 6) is -0.681. The van der Waals surface area contributed by atoms with Crippen LogP contribution in [0, 0.1) is 5.92 Å². The van der Waals surface area contributed by atoms with Crippen molar-refractivity contribution in [3.05, 3.63) is 69.7 Å². The maximum atomic E-state index is 12.1. The van der Waals surface area contributed by atoms with E-state index in [-0.39, 0.29) is 17.4 Å². The fourth-order valence-electron chi connectivity index (χ4n) is 5.49. The number of nitrogens with zero attached hydrogens (tertiary/aromatic N) is 1. The molecule has 1 amide bonds. The van der Waals surface area contributed by atoms with Gasteiger partial charge in [0.05, 0.1) is 21.0 Å². The summed E-state index contributed by atoms with van der Waals surface area (Å²) in [5, 5.41) is 14.0. The number of benzene rings is 2. The Morgan fingerprint density at radius 3 is 2.36 bits per heavy atom. The van der Waals surface area contributed by atoms with Crippen molar-refractivity contribution in [1.82, 2.24) is 10.2 Å². The molecule has 5 nitrogen and oxygen atoms in total. The molecule has 2 atom stereocenters. The van der Waals surface area contributed by atoms with Gasteiger partial charge in [0.2, 0.25) is 5.91 Å². The van der Waals surface area contributed by atoms with Crippen molar-refractivity contribution in [1.29, 1.82) is 0 Å². The molecule has 7 heteroatoms. The number of amides is 1. The molecule has 2 aromatic carbocycles. The number of rotatable bonds is 8. The van der Waals surface area contributed by atoms with Crippen LogP contribution in [0.3, 0.4) is 0 Å². The molecule has 4 rings (SSSR count). The minimum atomic E-state index is -0.843. The zero-order chi connectivity index (χ0) is 23.6. The first-order chi connectivity index (χ1) is 15.8. The number of carbonyl (C=O) groups excluding carboxylic acids is 1. The van der Waals surface area contributed by atoms with E-state index in [2.05, 4.69) is 22.3 Å². The molecule has 1 aliphatic carbocycles. The fraction of sp³-hybridized carbons (Fsp3) is 0.462. The third-order valence-electron chi connectivity index (χ3n) is 7.40. The Balaban J connectivity index is 1.33. The molecule has 2 aliphatic rings. The van der Waals surface area contributed by atoms with E-state index < -0.39 is 11.4 Å². The zero-order valence-electron chi connectivity index (χ0n) is 18.8. The third kappa shape index (κ3) is 4.91. The molecule has 33 heavy (non-hydrogen) atoms. The Labute approximate surface area is 205 Å². The van der Waals surface area contributed by atoms with E-state index in [1.54, 1.807) is 25.1 Å². The van der Waals surface area contributed by atoms with Gasteiger partial charge in [0, 0.05) is 20.0 Å². The first kappa shape index (κ1) is 24.1. The lowest BCUT2D eigenvalue weighted by Crippen LogP contribution is -2.52. The van der Waals surface area contributed by atoms with Crippen molar-refractivity contribution in [2.24, 2.45) is 5.92 Å². The van der Waals surface area contributed by atoms with Crippen molar-refractivity contribution >= 4 is 35.1 Å². The number of halogens is 2. The van der Waals surface area contributed by atoms with Crippen LogP contribution in [0.2, 0.25) is 10.0 Å². The topological polar surface area (TPSA) is 69.6 Å². The van der Waals surface area contributed by atoms with Crippen molar-refractivity contribution in [3.63, 3.8) is 0 Å². The van der Waals surface area contributed by atoms with E-state index in [9.17, 15) is 14.7 Å². The standard InChI is InChI=1S/C26H30Cl2N2O3/c1-18(31)29-25(19-6-3-2-4-7-19)11-14-30(15-12-25)13-5-8-21-17-26(21,24(32)33)20-9-10-22(27)23(28)16-20/h2-4,6-7,9-10,16,21H,5,8,11-15,17H2,1H3,(H,29,31)(H,32,33). The molecule has 0 aromatic heterocycles. The quantitative estimate of drug-likeness (QED) is 0.532. The van der Waals surface area contributed by atoms with Crippen LogP contribution in [0.4, 0.5) is 0 Å². The maximum absolute atomic E-state index is 12.1. The number of hydrogen-bond donors (Lipinski definition) is 2. The van der Waals surface area contributed by atoms with Crippen molar-refractivity contribution < 1.29 is 14.7 Å². The summed E-state index contributed by atoms with van der Waals surface area (Å²) in [5.41, 5.74) is 0.747. The van der Waals surface area contributed by atoms with E-state index in [4.69, 9.17) is 23.2 Å². The highest BCUT2D eigenvalue weighted by Gasteiger charge is 2.61. The van der Waals surface area contributed by atoms with Crippen molar-refractivity contribution in [2.45, 2.75) is 50.0 Å². The summed E-state index contributed by atoms with van der Waals surface area (Å²) in [6.07, 6.45) is 4.17. The number of carboxylic acids is 1. The van der Waals surface area contributed by atoms with Crippen LogP contribution in [0.25, 0.3) is 0 Å². The predicted octanol–water partition coefficient (Wildman–Crippen LogP) is 5.24. The first-order valence-electron chi connectivity index (χ1n) is 11.5. The molecular formula is C26H30Cl2N2O3. The van der Waals surface area contributed by atoms with Gasteiger partial charge in [-0.3, -0.25) is 9.59 Å². The molecular weight excluding hydrogens is 459 g/mol. The van der Waals surface area contributed by atoms with Crippen LogP contribution in [-0.2, 0) is 20.5 Å². The van der Waals surface area contributed by atoms with Gasteiger partial charge in [-0.25, -0.2) is 0 Å². The second kappa shape index (κ2) is 9.65. The molecule has 2 fully saturated rings. The number of hydrogen-bond acceptors (Lipinski definition) is 3. The summed E-state index contributed by atoms with van der Waals surface area (Å²) in [6, 6.07) is 15.4. The van der Waals surface area contributed by atoms with E-state index in [0.717, 1.165) is 56.4 Å². The molecule has 0 spiro atoms. The molecule has 2 N–H and O–H groups in total. The van der Waals surface area contributed by atoms with Crippen molar-refractivity contribution in [3.8, 4) is 0 Å². The SMILES string of the molecule is CC(=O)NC1(c2ccccc2)CCN(CCCC2CC2(C(=O)O)c2ccc(Cl)c(Cl)c2)CC1. The van der Waals surface area contributed by atoms with E-state index in [0.29, 0.717) is 16.5 Å². The van der Waals surface area contributed by atoms with Gasteiger partial charge in [0.15, 0.2) is 0 Å². The minimum absolute atomic E-state index is 0.00616. The highest BCUT2D eigenvalue weighted by atomic mass is 35.5. The lowest BCUT2D eigenvalue weighted by Gasteiger charge is -2.42. The van der Waals surface area contributed by atoms with Crippen LogP contribution in [0.15, 0.2) is 48.5 Å². The lowest BCUT2D eigenvalue weighted by atomic mass is 9.80. The van der Waals surface area contributed by atoms with Crippen LogP contribution >= 0.6 is 23.2 Å². The summed E-state index contributed by atoms with van der Waals surface area (Å²) in [4.78, 5) is 26.5. The van der Waals surface area contributed by atoms with Crippen molar-refractivity contribution in [2.75, 3.05) is 19.6 Å². The number of likely N-dealkylation sites (tertiary alicyclic amines) is 1. The molecule has 2 aromatic rings. The lowest BCUT2D eigenvalue weighted by molar-refractivity contribution is -0.140. The minimum Gasteiger partial charge on any atom is -0.481 e. The Kier molecular flexibility index (Phi) is 7.04. The van der Waals surface area contributed by atoms with E-state index >= 15 is 0 Å².